The van der Waals surface area contributed by atoms with Gasteiger partial charge >= 0.3 is 0 Å². The molecule has 106 valence electrons. The quantitative estimate of drug-likeness (QED) is 0.879. The average molecular weight is 335 g/mol. The highest BCUT2D eigenvalue weighted by molar-refractivity contribution is 9.10. The minimum Gasteiger partial charge on any atom is -0.352 e. The van der Waals surface area contributed by atoms with E-state index in [1.54, 1.807) is 0 Å². The third kappa shape index (κ3) is 3.77. The molecule has 0 aliphatic rings. The van der Waals surface area contributed by atoms with Crippen molar-refractivity contribution in [2.24, 2.45) is 5.73 Å². The van der Waals surface area contributed by atoms with Crippen LogP contribution in [0, 0.1) is 6.92 Å². The number of rotatable bonds is 5. The fourth-order valence-corrected chi connectivity index (χ4v) is 2.35. The van der Waals surface area contributed by atoms with Gasteiger partial charge in [0.1, 0.15) is 0 Å². The van der Waals surface area contributed by atoms with Crippen LogP contribution in [0.15, 0.2) is 35.1 Å². The Bertz CT molecular complexity index is 569. The zero-order chi connectivity index (χ0) is 14.5. The van der Waals surface area contributed by atoms with Crippen molar-refractivity contribution in [3.8, 4) is 11.1 Å². The summed E-state index contributed by atoms with van der Waals surface area (Å²) in [6.45, 7) is 4.81. The van der Waals surface area contributed by atoms with Crippen LogP contribution in [0.3, 0.4) is 0 Å². The molecule has 3 N–H and O–H groups in total. The van der Waals surface area contributed by atoms with Crippen LogP contribution in [0.1, 0.15) is 18.9 Å². The smallest absolute Gasteiger partial charge is 0.222 e. The van der Waals surface area contributed by atoms with E-state index in [2.05, 4.69) is 57.2 Å². The largest absolute Gasteiger partial charge is 0.352 e. The van der Waals surface area contributed by atoms with Gasteiger partial charge in [-0.2, -0.15) is 0 Å². The molecule has 0 radical (unpaired) electrons. The van der Waals surface area contributed by atoms with Crippen molar-refractivity contribution in [1.82, 2.24) is 9.97 Å². The van der Waals surface area contributed by atoms with E-state index in [9.17, 15) is 0 Å². The fourth-order valence-electron chi connectivity index (χ4n) is 1.99. The van der Waals surface area contributed by atoms with Gasteiger partial charge < -0.3 is 11.1 Å². The summed E-state index contributed by atoms with van der Waals surface area (Å²) in [4.78, 5) is 8.74. The first-order valence-electron chi connectivity index (χ1n) is 6.65. The van der Waals surface area contributed by atoms with E-state index in [-0.39, 0.29) is 6.04 Å². The zero-order valence-electron chi connectivity index (χ0n) is 11.7. The van der Waals surface area contributed by atoms with Crippen LogP contribution < -0.4 is 11.1 Å². The molecule has 1 heterocycles. The monoisotopic (exact) mass is 334 g/mol. The topological polar surface area (TPSA) is 63.8 Å². The summed E-state index contributed by atoms with van der Waals surface area (Å²) in [5.74, 6) is 0.641. The average Bonchev–Trinajstić information content (AvgIpc) is 2.43. The maximum Gasteiger partial charge on any atom is 0.222 e. The molecule has 5 heteroatoms. The second-order valence-electron chi connectivity index (χ2n) is 4.88. The summed E-state index contributed by atoms with van der Waals surface area (Å²) in [7, 11) is 0. The second kappa shape index (κ2) is 6.81. The maximum absolute atomic E-state index is 5.53. The number of nitrogens with one attached hydrogen (secondary N) is 1. The van der Waals surface area contributed by atoms with Gasteiger partial charge in [0.25, 0.3) is 0 Å². The van der Waals surface area contributed by atoms with Crippen molar-refractivity contribution < 1.29 is 0 Å². The van der Waals surface area contributed by atoms with Crippen LogP contribution in [-0.4, -0.2) is 22.6 Å². The molecule has 1 atom stereocenters. The van der Waals surface area contributed by atoms with E-state index in [0.717, 1.165) is 22.0 Å². The second-order valence-corrected chi connectivity index (χ2v) is 5.79. The molecule has 0 saturated heterocycles. The lowest BCUT2D eigenvalue weighted by Crippen LogP contribution is -2.20. The molecule has 0 saturated carbocycles. The number of aryl methyl sites for hydroxylation is 1. The van der Waals surface area contributed by atoms with Gasteiger partial charge in [0, 0.05) is 28.5 Å². The van der Waals surface area contributed by atoms with Crippen LogP contribution >= 0.6 is 15.9 Å². The zero-order valence-corrected chi connectivity index (χ0v) is 13.3. The van der Waals surface area contributed by atoms with Crippen LogP contribution in [-0.2, 0) is 0 Å². The van der Waals surface area contributed by atoms with Gasteiger partial charge in [-0.3, -0.25) is 0 Å². The molecule has 1 aromatic heterocycles. The Hall–Kier alpha value is -1.46. The SMILES string of the molecule is Cc1ccc(Br)cc1-c1cnc(NC(C)CCN)nc1. The van der Waals surface area contributed by atoms with Gasteiger partial charge in [-0.25, -0.2) is 9.97 Å². The van der Waals surface area contributed by atoms with E-state index >= 15 is 0 Å². The van der Waals surface area contributed by atoms with Crippen LogP contribution in [0.4, 0.5) is 5.95 Å². The van der Waals surface area contributed by atoms with Gasteiger partial charge in [-0.05, 0) is 50.1 Å². The number of benzene rings is 1. The molecule has 0 spiro atoms. The molecule has 2 aromatic rings. The van der Waals surface area contributed by atoms with Gasteiger partial charge in [-0.1, -0.05) is 22.0 Å². The normalized spacial score (nSPS) is 12.2. The third-order valence-corrected chi connectivity index (χ3v) is 3.63. The molecule has 0 aliphatic heterocycles. The molecule has 0 aliphatic carbocycles. The lowest BCUT2D eigenvalue weighted by Gasteiger charge is -2.13. The Kier molecular flexibility index (Phi) is 5.09. The van der Waals surface area contributed by atoms with E-state index in [4.69, 9.17) is 5.73 Å². The molecular formula is C15H19BrN4. The predicted octanol–water partition coefficient (Wildman–Crippen LogP) is 3.36. The Morgan fingerprint density at radius 1 is 1.30 bits per heavy atom. The van der Waals surface area contributed by atoms with Crippen LogP contribution in [0.5, 0.6) is 0 Å². The summed E-state index contributed by atoms with van der Waals surface area (Å²) in [6, 6.07) is 6.47. The first-order valence-corrected chi connectivity index (χ1v) is 7.44. The Labute approximate surface area is 128 Å². The van der Waals surface area contributed by atoms with E-state index in [0.29, 0.717) is 12.5 Å². The van der Waals surface area contributed by atoms with Crippen molar-refractivity contribution in [2.75, 3.05) is 11.9 Å². The van der Waals surface area contributed by atoms with E-state index in [1.807, 2.05) is 18.5 Å². The number of nitrogens with two attached hydrogens (primary N) is 1. The van der Waals surface area contributed by atoms with Crippen molar-refractivity contribution in [2.45, 2.75) is 26.3 Å². The first kappa shape index (κ1) is 14.9. The highest BCUT2D eigenvalue weighted by atomic mass is 79.9. The summed E-state index contributed by atoms with van der Waals surface area (Å²) in [5, 5.41) is 3.24. The van der Waals surface area contributed by atoms with Crippen LogP contribution in [0.25, 0.3) is 11.1 Å². The number of hydrogen-bond acceptors (Lipinski definition) is 4. The van der Waals surface area contributed by atoms with Crippen LogP contribution in [0.2, 0.25) is 0 Å². The predicted molar refractivity (Wildman–Crippen MR) is 86.7 cm³/mol. The minimum absolute atomic E-state index is 0.276. The van der Waals surface area contributed by atoms with E-state index < -0.39 is 0 Å². The van der Waals surface area contributed by atoms with Gasteiger partial charge in [0.15, 0.2) is 0 Å². The lowest BCUT2D eigenvalue weighted by molar-refractivity contribution is 0.709. The summed E-state index contributed by atoms with van der Waals surface area (Å²) in [6.07, 6.45) is 4.59. The molecular weight excluding hydrogens is 316 g/mol. The van der Waals surface area contributed by atoms with Crippen molar-refractivity contribution >= 4 is 21.9 Å². The molecule has 2 rings (SSSR count). The maximum atomic E-state index is 5.53. The molecule has 1 aromatic carbocycles. The van der Waals surface area contributed by atoms with Crippen molar-refractivity contribution in [3.05, 3.63) is 40.6 Å². The fraction of sp³-hybridized carbons (Fsp3) is 0.333. The van der Waals surface area contributed by atoms with Crippen molar-refractivity contribution in [3.63, 3.8) is 0 Å². The molecule has 4 nitrogen and oxygen atoms in total. The highest BCUT2D eigenvalue weighted by Gasteiger charge is 2.06. The molecule has 0 fully saturated rings. The van der Waals surface area contributed by atoms with E-state index in [1.165, 1.54) is 5.56 Å². The number of hydrogen-bond donors (Lipinski definition) is 2. The molecule has 1 unspecified atom stereocenters. The molecule has 20 heavy (non-hydrogen) atoms. The number of aromatic nitrogens is 2. The molecule has 0 bridgehead atoms. The number of anilines is 1. The summed E-state index contributed by atoms with van der Waals surface area (Å²) < 4.78 is 1.05. The Balaban J connectivity index is 2.17. The van der Waals surface area contributed by atoms with Crippen molar-refractivity contribution in [1.29, 1.82) is 0 Å². The summed E-state index contributed by atoms with van der Waals surface area (Å²) >= 11 is 3.49. The standard InChI is InChI=1S/C15H19BrN4/c1-10-3-4-13(16)7-14(10)12-8-18-15(19-9-12)20-11(2)5-6-17/h3-4,7-9,11H,5-6,17H2,1-2H3,(H,18,19,20). The Morgan fingerprint density at radius 2 is 2.00 bits per heavy atom. The van der Waals surface area contributed by atoms with Gasteiger partial charge in [0.2, 0.25) is 5.95 Å². The first-order chi connectivity index (χ1) is 9.60. The minimum atomic E-state index is 0.276. The van der Waals surface area contributed by atoms with Gasteiger partial charge in [-0.15, -0.1) is 0 Å². The summed E-state index contributed by atoms with van der Waals surface area (Å²) in [5.41, 5.74) is 8.89. The number of nitrogens with zero attached hydrogens (tertiary/aromatic N) is 2. The third-order valence-electron chi connectivity index (χ3n) is 3.14. The molecule has 0 amide bonds. The van der Waals surface area contributed by atoms with Gasteiger partial charge in [0.05, 0.1) is 0 Å². The lowest BCUT2D eigenvalue weighted by atomic mass is 10.0. The number of halogens is 1. The highest BCUT2D eigenvalue weighted by Crippen LogP contribution is 2.26. The Morgan fingerprint density at radius 3 is 2.65 bits per heavy atom.